The number of ether oxygens (including phenoxy) is 1. The Balaban J connectivity index is 2.92. The number of amides is 1. The minimum absolute atomic E-state index is 0.285. The van der Waals surface area contributed by atoms with Crippen LogP contribution in [0.5, 0.6) is 0 Å². The summed E-state index contributed by atoms with van der Waals surface area (Å²) in [5.74, 6) is 2.43. The Morgan fingerprint density at radius 3 is 2.25 bits per heavy atom. The lowest BCUT2D eigenvalue weighted by Gasteiger charge is -2.22. The van der Waals surface area contributed by atoms with Crippen molar-refractivity contribution in [2.24, 2.45) is 0 Å². The SMILES string of the molecule is CC(C)(C)OC(=O)N[C@@H](Cc1ccccc1)C(=O)C#C[Si](C)(C)C. The van der Waals surface area contributed by atoms with Gasteiger partial charge in [-0.15, -0.1) is 5.54 Å². The van der Waals surface area contributed by atoms with Gasteiger partial charge in [0.05, 0.1) is 0 Å². The van der Waals surface area contributed by atoms with Crippen LogP contribution in [0.1, 0.15) is 26.3 Å². The summed E-state index contributed by atoms with van der Waals surface area (Å²) in [5, 5.41) is 2.66. The summed E-state index contributed by atoms with van der Waals surface area (Å²) in [5.41, 5.74) is 3.40. The van der Waals surface area contributed by atoms with E-state index in [4.69, 9.17) is 4.74 Å². The predicted molar refractivity (Wildman–Crippen MR) is 99.4 cm³/mol. The molecule has 130 valence electrons. The van der Waals surface area contributed by atoms with E-state index in [1.807, 2.05) is 30.3 Å². The number of carbonyl (C=O) groups is 2. The first-order valence-corrected chi connectivity index (χ1v) is 11.6. The molecule has 0 fully saturated rings. The van der Waals surface area contributed by atoms with E-state index in [9.17, 15) is 9.59 Å². The van der Waals surface area contributed by atoms with Crippen molar-refractivity contribution in [3.8, 4) is 11.5 Å². The van der Waals surface area contributed by atoms with E-state index >= 15 is 0 Å². The summed E-state index contributed by atoms with van der Waals surface area (Å²) in [6.07, 6.45) is -0.217. The molecule has 1 amide bonds. The lowest BCUT2D eigenvalue weighted by molar-refractivity contribution is -0.115. The minimum Gasteiger partial charge on any atom is -0.444 e. The molecule has 0 aromatic heterocycles. The van der Waals surface area contributed by atoms with E-state index in [-0.39, 0.29) is 5.78 Å². The molecule has 24 heavy (non-hydrogen) atoms. The Kier molecular flexibility index (Phi) is 6.79. The monoisotopic (exact) mass is 345 g/mol. The molecule has 0 saturated heterocycles. The molecule has 1 N–H and O–H groups in total. The standard InChI is InChI=1S/C19H27NO3Si/c1-19(2,3)23-18(22)20-16(14-15-10-8-7-9-11-15)17(21)12-13-24(4,5)6/h7-11,16H,14H2,1-6H3,(H,20,22)/t16-/m0/s1. The van der Waals surface area contributed by atoms with Crippen LogP contribution in [0.4, 0.5) is 4.79 Å². The van der Waals surface area contributed by atoms with Gasteiger partial charge in [-0.2, -0.15) is 0 Å². The first-order valence-electron chi connectivity index (χ1n) is 8.07. The van der Waals surface area contributed by atoms with Gasteiger partial charge in [0.25, 0.3) is 0 Å². The summed E-state index contributed by atoms with van der Waals surface area (Å²) < 4.78 is 5.26. The third-order valence-electron chi connectivity index (χ3n) is 2.85. The van der Waals surface area contributed by atoms with Crippen LogP contribution in [-0.4, -0.2) is 31.6 Å². The number of nitrogens with one attached hydrogen (secondary N) is 1. The molecule has 0 bridgehead atoms. The second-order valence-electron chi connectivity index (χ2n) is 7.75. The first-order chi connectivity index (χ1) is 11.0. The van der Waals surface area contributed by atoms with Gasteiger partial charge in [-0.3, -0.25) is 4.79 Å². The summed E-state index contributed by atoms with van der Waals surface area (Å²) >= 11 is 0. The molecule has 1 rings (SSSR count). The van der Waals surface area contributed by atoms with Crippen LogP contribution in [0.15, 0.2) is 30.3 Å². The molecule has 1 aromatic carbocycles. The Labute approximate surface area is 146 Å². The number of Topliss-reactive ketones (excluding diaryl/α,β-unsaturated/α-hetero) is 1. The van der Waals surface area contributed by atoms with Gasteiger partial charge in [-0.1, -0.05) is 50.0 Å². The van der Waals surface area contributed by atoms with Crippen LogP contribution in [0, 0.1) is 11.5 Å². The lowest BCUT2D eigenvalue weighted by atomic mass is 10.0. The van der Waals surface area contributed by atoms with Crippen LogP contribution >= 0.6 is 0 Å². The third-order valence-corrected chi connectivity index (χ3v) is 3.73. The van der Waals surface area contributed by atoms with Crippen LogP contribution in [0.2, 0.25) is 19.6 Å². The first kappa shape index (κ1) is 20.0. The summed E-state index contributed by atoms with van der Waals surface area (Å²) in [7, 11) is -1.66. The van der Waals surface area contributed by atoms with E-state index in [0.29, 0.717) is 6.42 Å². The van der Waals surface area contributed by atoms with Gasteiger partial charge < -0.3 is 10.1 Å². The molecule has 5 heteroatoms. The number of alkyl carbamates (subject to hydrolysis) is 1. The van der Waals surface area contributed by atoms with Gasteiger partial charge in [0, 0.05) is 6.42 Å². The molecule has 0 heterocycles. The number of ketones is 1. The Morgan fingerprint density at radius 2 is 1.75 bits per heavy atom. The predicted octanol–water partition coefficient (Wildman–Crippen LogP) is 3.57. The summed E-state index contributed by atoms with van der Waals surface area (Å²) in [6.45, 7) is 11.6. The van der Waals surface area contributed by atoms with Gasteiger partial charge in [0.2, 0.25) is 5.78 Å². The van der Waals surface area contributed by atoms with Gasteiger partial charge in [0.1, 0.15) is 19.7 Å². The topological polar surface area (TPSA) is 55.4 Å². The van der Waals surface area contributed by atoms with Gasteiger partial charge in [0.15, 0.2) is 0 Å². The zero-order valence-electron chi connectivity index (χ0n) is 15.4. The molecule has 0 aliphatic carbocycles. The number of hydrogen-bond acceptors (Lipinski definition) is 3. The van der Waals surface area contributed by atoms with E-state index in [1.165, 1.54) is 0 Å². The molecule has 0 aliphatic heterocycles. The van der Waals surface area contributed by atoms with Crippen LogP contribution in [0.25, 0.3) is 0 Å². The normalized spacial score (nSPS) is 12.6. The number of carbonyl (C=O) groups excluding carboxylic acids is 2. The molecule has 0 spiro atoms. The van der Waals surface area contributed by atoms with E-state index in [2.05, 4.69) is 36.4 Å². The van der Waals surface area contributed by atoms with Crippen molar-refractivity contribution in [1.82, 2.24) is 5.32 Å². The van der Waals surface area contributed by atoms with E-state index in [0.717, 1.165) is 5.56 Å². The minimum atomic E-state index is -1.66. The van der Waals surface area contributed by atoms with Gasteiger partial charge >= 0.3 is 6.09 Å². The fourth-order valence-corrected chi connectivity index (χ4v) is 2.34. The maximum absolute atomic E-state index is 12.5. The second kappa shape index (κ2) is 8.16. The summed E-state index contributed by atoms with van der Waals surface area (Å²) in [6, 6.07) is 8.83. The molecule has 0 unspecified atom stereocenters. The molecule has 4 nitrogen and oxygen atoms in total. The number of hydrogen-bond donors (Lipinski definition) is 1. The van der Waals surface area contributed by atoms with Crippen molar-refractivity contribution in [3.63, 3.8) is 0 Å². The van der Waals surface area contributed by atoms with Crippen molar-refractivity contribution >= 4 is 20.0 Å². The van der Waals surface area contributed by atoms with Crippen LogP contribution < -0.4 is 5.32 Å². The average Bonchev–Trinajstić information content (AvgIpc) is 2.42. The second-order valence-corrected chi connectivity index (χ2v) is 12.5. The Morgan fingerprint density at radius 1 is 1.17 bits per heavy atom. The third kappa shape index (κ3) is 8.54. The highest BCUT2D eigenvalue weighted by Crippen LogP contribution is 2.09. The van der Waals surface area contributed by atoms with Gasteiger partial charge in [-0.05, 0) is 32.3 Å². The number of benzene rings is 1. The quantitative estimate of drug-likeness (QED) is 0.670. The molecule has 0 radical (unpaired) electrons. The van der Waals surface area contributed by atoms with Crippen LogP contribution in [0.3, 0.4) is 0 Å². The highest BCUT2D eigenvalue weighted by atomic mass is 28.3. The maximum atomic E-state index is 12.5. The Bertz CT molecular complexity index is 631. The zero-order valence-corrected chi connectivity index (χ0v) is 16.4. The Hall–Kier alpha value is -2.06. The highest BCUT2D eigenvalue weighted by molar-refractivity contribution is 6.84. The van der Waals surface area contributed by atoms with E-state index < -0.39 is 25.8 Å². The fourth-order valence-electron chi connectivity index (χ4n) is 1.85. The smallest absolute Gasteiger partial charge is 0.408 e. The van der Waals surface area contributed by atoms with Gasteiger partial charge in [-0.25, -0.2) is 4.79 Å². The van der Waals surface area contributed by atoms with Crippen molar-refractivity contribution in [1.29, 1.82) is 0 Å². The fraction of sp³-hybridized carbons (Fsp3) is 0.474. The molecule has 0 saturated carbocycles. The lowest BCUT2D eigenvalue weighted by Crippen LogP contribution is -2.44. The van der Waals surface area contributed by atoms with Crippen molar-refractivity contribution in [2.45, 2.75) is 58.5 Å². The van der Waals surface area contributed by atoms with Crippen molar-refractivity contribution in [3.05, 3.63) is 35.9 Å². The highest BCUT2D eigenvalue weighted by Gasteiger charge is 2.24. The maximum Gasteiger partial charge on any atom is 0.408 e. The molecule has 0 aliphatic rings. The molecular weight excluding hydrogens is 318 g/mol. The summed E-state index contributed by atoms with van der Waals surface area (Å²) in [4.78, 5) is 24.5. The molecule has 1 aromatic rings. The molecule has 1 atom stereocenters. The van der Waals surface area contributed by atoms with Crippen molar-refractivity contribution in [2.75, 3.05) is 0 Å². The number of rotatable bonds is 4. The van der Waals surface area contributed by atoms with Crippen molar-refractivity contribution < 1.29 is 14.3 Å². The largest absolute Gasteiger partial charge is 0.444 e. The zero-order chi connectivity index (χ0) is 18.4. The van der Waals surface area contributed by atoms with E-state index in [1.54, 1.807) is 20.8 Å². The van der Waals surface area contributed by atoms with Crippen LogP contribution in [-0.2, 0) is 16.0 Å². The average molecular weight is 346 g/mol. The molecular formula is C19H27NO3Si.